The number of nitrogens with one attached hydrogen (secondary N) is 1. The van der Waals surface area contributed by atoms with E-state index in [4.69, 9.17) is 4.74 Å². The molecule has 2 aromatic rings. The van der Waals surface area contributed by atoms with Crippen LogP contribution in [0.1, 0.15) is 6.42 Å². The van der Waals surface area contributed by atoms with Crippen LogP contribution >= 0.6 is 0 Å². The van der Waals surface area contributed by atoms with Crippen LogP contribution < -0.4 is 10.1 Å². The number of amides is 2. The third-order valence-electron chi connectivity index (χ3n) is 3.29. The van der Waals surface area contributed by atoms with Crippen LogP contribution in [-0.2, 0) is 0 Å². The average Bonchev–Trinajstić information content (AvgIpc) is 2.98. The number of para-hydroxylation sites is 1. The molecule has 1 aromatic heterocycles. The summed E-state index contributed by atoms with van der Waals surface area (Å²) in [5.41, 5.74) is 0.792. The van der Waals surface area contributed by atoms with E-state index in [1.807, 2.05) is 30.3 Å². The van der Waals surface area contributed by atoms with Gasteiger partial charge >= 0.3 is 6.03 Å². The lowest BCUT2D eigenvalue weighted by atomic mass is 10.3. The second-order valence-corrected chi connectivity index (χ2v) is 4.83. The molecular formula is C15H16N4O2. The average molecular weight is 284 g/mol. The number of rotatable bonds is 3. The Morgan fingerprint density at radius 2 is 2.10 bits per heavy atom. The van der Waals surface area contributed by atoms with Crippen molar-refractivity contribution in [1.82, 2.24) is 15.1 Å². The first-order chi connectivity index (χ1) is 10.3. The zero-order valence-electron chi connectivity index (χ0n) is 11.5. The topological polar surface area (TPSA) is 67.4 Å². The minimum Gasteiger partial charge on any atom is -0.471 e. The molecular weight excluding hydrogens is 268 g/mol. The summed E-state index contributed by atoms with van der Waals surface area (Å²) < 4.78 is 5.71. The molecule has 1 N–H and O–H groups in total. The van der Waals surface area contributed by atoms with E-state index in [2.05, 4.69) is 15.5 Å². The maximum absolute atomic E-state index is 12.1. The fourth-order valence-electron chi connectivity index (χ4n) is 2.25. The van der Waals surface area contributed by atoms with Gasteiger partial charge in [0, 0.05) is 30.9 Å². The summed E-state index contributed by atoms with van der Waals surface area (Å²) in [5.74, 6) is 0.493. The van der Waals surface area contributed by atoms with Gasteiger partial charge in [0.25, 0.3) is 0 Å². The van der Waals surface area contributed by atoms with E-state index in [-0.39, 0.29) is 12.1 Å². The molecule has 1 atom stereocenters. The SMILES string of the molecule is O=C(Nc1ccccc1)N1CCC(Oc2cccnn2)C1. The molecule has 6 heteroatoms. The second-order valence-electron chi connectivity index (χ2n) is 4.83. The maximum atomic E-state index is 12.1. The van der Waals surface area contributed by atoms with E-state index in [1.165, 1.54) is 0 Å². The van der Waals surface area contributed by atoms with Crippen molar-refractivity contribution in [2.75, 3.05) is 18.4 Å². The summed E-state index contributed by atoms with van der Waals surface area (Å²) in [7, 11) is 0. The van der Waals surface area contributed by atoms with Gasteiger partial charge in [0.2, 0.25) is 5.88 Å². The van der Waals surface area contributed by atoms with Crippen molar-refractivity contribution < 1.29 is 9.53 Å². The first-order valence-electron chi connectivity index (χ1n) is 6.86. The molecule has 1 aliphatic rings. The van der Waals surface area contributed by atoms with Crippen molar-refractivity contribution >= 4 is 11.7 Å². The minimum atomic E-state index is -0.105. The van der Waals surface area contributed by atoms with Gasteiger partial charge in [0.05, 0.1) is 6.54 Å². The van der Waals surface area contributed by atoms with Crippen LogP contribution in [0.4, 0.5) is 10.5 Å². The highest BCUT2D eigenvalue weighted by Gasteiger charge is 2.27. The Morgan fingerprint density at radius 1 is 1.24 bits per heavy atom. The van der Waals surface area contributed by atoms with Gasteiger partial charge in [0.1, 0.15) is 6.10 Å². The molecule has 1 unspecified atom stereocenters. The Balaban J connectivity index is 1.53. The first-order valence-corrected chi connectivity index (χ1v) is 6.86. The molecule has 0 saturated carbocycles. The molecule has 21 heavy (non-hydrogen) atoms. The molecule has 1 saturated heterocycles. The highest BCUT2D eigenvalue weighted by molar-refractivity contribution is 5.89. The van der Waals surface area contributed by atoms with Crippen molar-refractivity contribution in [2.45, 2.75) is 12.5 Å². The Hall–Kier alpha value is -2.63. The molecule has 0 aliphatic carbocycles. The fraction of sp³-hybridized carbons (Fsp3) is 0.267. The monoisotopic (exact) mass is 284 g/mol. The zero-order valence-corrected chi connectivity index (χ0v) is 11.5. The molecule has 1 aromatic carbocycles. The van der Waals surface area contributed by atoms with Crippen LogP contribution in [0, 0.1) is 0 Å². The van der Waals surface area contributed by atoms with Crippen molar-refractivity contribution in [3.8, 4) is 5.88 Å². The van der Waals surface area contributed by atoms with Crippen molar-refractivity contribution in [3.63, 3.8) is 0 Å². The Bertz CT molecular complexity index is 591. The van der Waals surface area contributed by atoms with E-state index < -0.39 is 0 Å². The molecule has 0 bridgehead atoms. The van der Waals surface area contributed by atoms with Crippen LogP contribution in [0.2, 0.25) is 0 Å². The smallest absolute Gasteiger partial charge is 0.321 e. The molecule has 0 radical (unpaired) electrons. The van der Waals surface area contributed by atoms with Gasteiger partial charge in [-0.3, -0.25) is 0 Å². The number of aromatic nitrogens is 2. The number of likely N-dealkylation sites (tertiary alicyclic amines) is 1. The molecule has 2 heterocycles. The fourth-order valence-corrected chi connectivity index (χ4v) is 2.25. The van der Waals surface area contributed by atoms with Gasteiger partial charge in [-0.1, -0.05) is 18.2 Å². The predicted octanol–water partition coefficient (Wildman–Crippen LogP) is 2.16. The van der Waals surface area contributed by atoms with Gasteiger partial charge in [-0.25, -0.2) is 4.79 Å². The molecule has 108 valence electrons. The number of carbonyl (C=O) groups is 1. The van der Waals surface area contributed by atoms with Gasteiger partial charge in [-0.2, -0.15) is 5.10 Å². The summed E-state index contributed by atoms with van der Waals surface area (Å²) in [5, 5.41) is 10.5. The first kappa shape index (κ1) is 13.4. The summed E-state index contributed by atoms with van der Waals surface area (Å²) >= 11 is 0. The van der Waals surface area contributed by atoms with Gasteiger partial charge in [-0.05, 0) is 18.2 Å². The highest BCUT2D eigenvalue weighted by Crippen LogP contribution is 2.17. The highest BCUT2D eigenvalue weighted by atomic mass is 16.5. The number of urea groups is 1. The molecule has 1 aliphatic heterocycles. The van der Waals surface area contributed by atoms with E-state index in [9.17, 15) is 4.79 Å². The molecule has 2 amide bonds. The predicted molar refractivity (Wildman–Crippen MR) is 78.1 cm³/mol. The lowest BCUT2D eigenvalue weighted by molar-refractivity contribution is 0.188. The van der Waals surface area contributed by atoms with Crippen molar-refractivity contribution in [2.24, 2.45) is 0 Å². The Labute approximate surface area is 122 Å². The van der Waals surface area contributed by atoms with Gasteiger partial charge in [0.15, 0.2) is 0 Å². The van der Waals surface area contributed by atoms with Crippen molar-refractivity contribution in [3.05, 3.63) is 48.7 Å². The van der Waals surface area contributed by atoms with Crippen LogP contribution in [-0.4, -0.2) is 40.3 Å². The summed E-state index contributed by atoms with van der Waals surface area (Å²) in [6, 6.07) is 12.8. The largest absolute Gasteiger partial charge is 0.471 e. The number of anilines is 1. The Kier molecular flexibility index (Phi) is 3.95. The van der Waals surface area contributed by atoms with Crippen molar-refractivity contribution in [1.29, 1.82) is 0 Å². The molecule has 3 rings (SSSR count). The lowest BCUT2D eigenvalue weighted by Gasteiger charge is -2.17. The van der Waals surface area contributed by atoms with Gasteiger partial charge < -0.3 is 15.0 Å². The quantitative estimate of drug-likeness (QED) is 0.938. The number of benzene rings is 1. The van der Waals surface area contributed by atoms with E-state index in [0.29, 0.717) is 19.0 Å². The Morgan fingerprint density at radius 3 is 2.86 bits per heavy atom. The summed E-state index contributed by atoms with van der Waals surface area (Å²) in [4.78, 5) is 13.9. The number of hydrogen-bond acceptors (Lipinski definition) is 4. The van der Waals surface area contributed by atoms with E-state index in [0.717, 1.165) is 12.1 Å². The van der Waals surface area contributed by atoms with Crippen LogP contribution in [0.5, 0.6) is 5.88 Å². The third-order valence-corrected chi connectivity index (χ3v) is 3.29. The molecule has 1 fully saturated rings. The number of ether oxygens (including phenoxy) is 1. The standard InChI is InChI=1S/C15H16N4O2/c20-15(17-12-5-2-1-3-6-12)19-10-8-13(11-19)21-14-7-4-9-16-18-14/h1-7,9,13H,8,10-11H2,(H,17,20). The lowest BCUT2D eigenvalue weighted by Crippen LogP contribution is -2.34. The maximum Gasteiger partial charge on any atom is 0.321 e. The number of nitrogens with zero attached hydrogens (tertiary/aromatic N) is 3. The van der Waals surface area contributed by atoms with Crippen LogP contribution in [0.25, 0.3) is 0 Å². The minimum absolute atomic E-state index is 0.0387. The number of carbonyl (C=O) groups excluding carboxylic acids is 1. The van der Waals surface area contributed by atoms with E-state index in [1.54, 1.807) is 23.2 Å². The van der Waals surface area contributed by atoms with Gasteiger partial charge in [-0.15, -0.1) is 5.10 Å². The normalized spacial score (nSPS) is 17.5. The molecule has 0 spiro atoms. The third kappa shape index (κ3) is 3.47. The summed E-state index contributed by atoms with van der Waals surface area (Å²) in [6.07, 6.45) is 2.35. The van der Waals surface area contributed by atoms with Crippen LogP contribution in [0.3, 0.4) is 0 Å². The van der Waals surface area contributed by atoms with E-state index >= 15 is 0 Å². The zero-order chi connectivity index (χ0) is 14.5. The molecule has 6 nitrogen and oxygen atoms in total. The second kappa shape index (κ2) is 6.21. The summed E-state index contributed by atoms with van der Waals surface area (Å²) in [6.45, 7) is 1.22. The van der Waals surface area contributed by atoms with Crippen LogP contribution in [0.15, 0.2) is 48.7 Å². The number of hydrogen-bond donors (Lipinski definition) is 1.